The van der Waals surface area contributed by atoms with Crippen molar-refractivity contribution in [3.63, 3.8) is 0 Å². The van der Waals surface area contributed by atoms with Crippen LogP contribution in [0.25, 0.3) is 0 Å². The van der Waals surface area contributed by atoms with Crippen LogP contribution >= 0.6 is 0 Å². The topological polar surface area (TPSA) is 39.6 Å². The van der Waals surface area contributed by atoms with Gasteiger partial charge in [-0.25, -0.2) is 0 Å². The molecule has 20 heavy (non-hydrogen) atoms. The van der Waals surface area contributed by atoms with Crippen molar-refractivity contribution >= 4 is 0 Å². The zero-order chi connectivity index (χ0) is 14.4. The summed E-state index contributed by atoms with van der Waals surface area (Å²) in [5.74, 6) is 0.660. The average Bonchev–Trinajstić information content (AvgIpc) is 2.46. The Morgan fingerprint density at radius 1 is 1.35 bits per heavy atom. The van der Waals surface area contributed by atoms with E-state index in [2.05, 4.69) is 41.0 Å². The van der Waals surface area contributed by atoms with Gasteiger partial charge in [0.1, 0.15) is 0 Å². The lowest BCUT2D eigenvalue weighted by Crippen LogP contribution is -2.48. The molecule has 0 bridgehead atoms. The maximum atomic E-state index is 9.09. The third-order valence-corrected chi connectivity index (χ3v) is 4.33. The minimum atomic E-state index is 0.307. The van der Waals surface area contributed by atoms with Gasteiger partial charge in [0.25, 0.3) is 0 Å². The van der Waals surface area contributed by atoms with Gasteiger partial charge in [0.2, 0.25) is 0 Å². The molecule has 1 aliphatic heterocycles. The first kappa shape index (κ1) is 15.4. The van der Waals surface area contributed by atoms with Crippen molar-refractivity contribution in [2.45, 2.75) is 31.8 Å². The van der Waals surface area contributed by atoms with E-state index < -0.39 is 0 Å². The minimum Gasteiger partial charge on any atom is -0.396 e. The van der Waals surface area contributed by atoms with Crippen LogP contribution < -0.4 is 0 Å². The maximum Gasteiger partial charge on any atom is 0.0431 e. The Labute approximate surface area is 122 Å². The zero-order valence-corrected chi connectivity index (χ0v) is 12.7. The van der Waals surface area contributed by atoms with Gasteiger partial charge in [-0.15, -0.1) is 0 Å². The van der Waals surface area contributed by atoms with E-state index in [9.17, 15) is 0 Å². The minimum absolute atomic E-state index is 0.307. The largest absolute Gasteiger partial charge is 0.396 e. The number of piperidine rings is 1. The van der Waals surface area contributed by atoms with Crippen molar-refractivity contribution in [3.05, 3.63) is 30.1 Å². The normalized spacial score (nSPS) is 24.2. The summed E-state index contributed by atoms with van der Waals surface area (Å²) in [4.78, 5) is 8.97. The number of hydrogen-bond donors (Lipinski definition) is 1. The number of hydrogen-bond acceptors (Lipinski definition) is 4. The Morgan fingerprint density at radius 2 is 2.10 bits per heavy atom. The van der Waals surface area contributed by atoms with Crippen molar-refractivity contribution in [1.29, 1.82) is 0 Å². The lowest BCUT2D eigenvalue weighted by Gasteiger charge is -2.41. The average molecular weight is 277 g/mol. The fourth-order valence-electron chi connectivity index (χ4n) is 3.30. The zero-order valence-electron chi connectivity index (χ0n) is 12.7. The smallest absolute Gasteiger partial charge is 0.0431 e. The molecule has 1 aromatic rings. The monoisotopic (exact) mass is 277 g/mol. The number of aliphatic hydroxyl groups excluding tert-OH is 1. The van der Waals surface area contributed by atoms with Gasteiger partial charge in [0.05, 0.1) is 0 Å². The van der Waals surface area contributed by atoms with E-state index in [0.29, 0.717) is 18.6 Å². The van der Waals surface area contributed by atoms with Gasteiger partial charge in [-0.2, -0.15) is 0 Å². The number of likely N-dealkylation sites (tertiary alicyclic amines) is 1. The highest BCUT2D eigenvalue weighted by molar-refractivity contribution is 5.09. The molecule has 1 aliphatic rings. The van der Waals surface area contributed by atoms with E-state index in [-0.39, 0.29) is 0 Å². The molecule has 4 nitrogen and oxygen atoms in total. The van der Waals surface area contributed by atoms with Gasteiger partial charge in [0.15, 0.2) is 0 Å². The molecule has 1 fully saturated rings. The number of nitrogens with zero attached hydrogens (tertiary/aromatic N) is 3. The second-order valence-electron chi connectivity index (χ2n) is 6.04. The van der Waals surface area contributed by atoms with E-state index >= 15 is 0 Å². The van der Waals surface area contributed by atoms with E-state index in [1.807, 2.05) is 12.4 Å². The van der Waals surface area contributed by atoms with Crippen LogP contribution in [0.15, 0.2) is 24.5 Å². The van der Waals surface area contributed by atoms with E-state index in [0.717, 1.165) is 32.5 Å². The standard InChI is InChI=1S/C16H27N3O/c1-18(2)16-7-10-19(13-15(16)4-3-11-20)12-14-5-8-17-9-6-14/h5-6,8-9,15-16,20H,3-4,7,10-13H2,1-2H3/t15-,16+/m1/s1. The molecule has 1 aromatic heterocycles. The summed E-state index contributed by atoms with van der Waals surface area (Å²) in [7, 11) is 4.35. The van der Waals surface area contributed by atoms with Crippen LogP contribution in [0.2, 0.25) is 0 Å². The summed E-state index contributed by atoms with van der Waals surface area (Å²) in [6.45, 7) is 3.60. The summed E-state index contributed by atoms with van der Waals surface area (Å²) in [5.41, 5.74) is 1.34. The fraction of sp³-hybridized carbons (Fsp3) is 0.688. The van der Waals surface area contributed by atoms with Crippen LogP contribution in [-0.2, 0) is 6.54 Å². The van der Waals surface area contributed by atoms with E-state index in [1.165, 1.54) is 12.0 Å². The molecule has 0 unspecified atom stereocenters. The quantitative estimate of drug-likeness (QED) is 0.857. The van der Waals surface area contributed by atoms with Crippen LogP contribution in [0.3, 0.4) is 0 Å². The predicted octanol–water partition coefficient (Wildman–Crippen LogP) is 1.61. The van der Waals surface area contributed by atoms with Crippen LogP contribution in [0, 0.1) is 5.92 Å². The third-order valence-electron chi connectivity index (χ3n) is 4.33. The summed E-state index contributed by atoms with van der Waals surface area (Å²) in [5, 5.41) is 9.09. The summed E-state index contributed by atoms with van der Waals surface area (Å²) in [6.07, 6.45) is 6.98. The van der Waals surface area contributed by atoms with Gasteiger partial charge in [-0.1, -0.05) is 0 Å². The Morgan fingerprint density at radius 3 is 2.75 bits per heavy atom. The molecule has 0 radical (unpaired) electrons. The second-order valence-corrected chi connectivity index (χ2v) is 6.04. The lowest BCUT2D eigenvalue weighted by atomic mass is 9.87. The number of aliphatic hydroxyl groups is 1. The SMILES string of the molecule is CN(C)[C@H]1CCN(Cc2ccncc2)C[C@H]1CCCO. The van der Waals surface area contributed by atoms with Crippen molar-refractivity contribution in [3.8, 4) is 0 Å². The molecule has 2 rings (SSSR count). The first-order valence-electron chi connectivity index (χ1n) is 7.59. The molecule has 2 heterocycles. The van der Waals surface area contributed by atoms with Gasteiger partial charge in [0, 0.05) is 38.1 Å². The van der Waals surface area contributed by atoms with Crippen molar-refractivity contribution in [1.82, 2.24) is 14.8 Å². The van der Waals surface area contributed by atoms with Gasteiger partial charge in [-0.05, 0) is 63.5 Å². The molecule has 0 aliphatic carbocycles. The van der Waals surface area contributed by atoms with Crippen molar-refractivity contribution < 1.29 is 5.11 Å². The Hall–Kier alpha value is -0.970. The summed E-state index contributed by atoms with van der Waals surface area (Å²) < 4.78 is 0. The maximum absolute atomic E-state index is 9.09. The van der Waals surface area contributed by atoms with E-state index in [1.54, 1.807) is 0 Å². The summed E-state index contributed by atoms with van der Waals surface area (Å²) >= 11 is 0. The second kappa shape index (κ2) is 7.72. The highest BCUT2D eigenvalue weighted by atomic mass is 16.2. The van der Waals surface area contributed by atoms with Gasteiger partial charge >= 0.3 is 0 Å². The third kappa shape index (κ3) is 4.27. The van der Waals surface area contributed by atoms with E-state index in [4.69, 9.17) is 5.11 Å². The Balaban J connectivity index is 1.93. The highest BCUT2D eigenvalue weighted by Gasteiger charge is 2.29. The first-order valence-corrected chi connectivity index (χ1v) is 7.59. The molecular weight excluding hydrogens is 250 g/mol. The first-order chi connectivity index (χ1) is 9.70. The lowest BCUT2D eigenvalue weighted by molar-refractivity contribution is 0.0717. The Kier molecular flexibility index (Phi) is 5.95. The molecule has 1 N–H and O–H groups in total. The van der Waals surface area contributed by atoms with Crippen molar-refractivity contribution in [2.24, 2.45) is 5.92 Å². The fourth-order valence-corrected chi connectivity index (χ4v) is 3.30. The van der Waals surface area contributed by atoms with Crippen molar-refractivity contribution in [2.75, 3.05) is 33.8 Å². The molecule has 0 saturated carbocycles. The van der Waals surface area contributed by atoms with Crippen LogP contribution in [-0.4, -0.2) is 59.7 Å². The molecule has 0 amide bonds. The number of rotatable bonds is 6. The summed E-state index contributed by atoms with van der Waals surface area (Å²) in [6, 6.07) is 4.84. The number of pyridine rings is 1. The van der Waals surface area contributed by atoms with Gasteiger partial charge in [-0.3, -0.25) is 9.88 Å². The molecule has 2 atom stereocenters. The molecule has 1 saturated heterocycles. The number of aromatic nitrogens is 1. The molecule has 112 valence electrons. The van der Waals surface area contributed by atoms with Crippen LogP contribution in [0.5, 0.6) is 0 Å². The predicted molar refractivity (Wildman–Crippen MR) is 81.4 cm³/mol. The van der Waals surface area contributed by atoms with Crippen LogP contribution in [0.1, 0.15) is 24.8 Å². The molecule has 0 spiro atoms. The molecule has 4 heteroatoms. The highest BCUT2D eigenvalue weighted by Crippen LogP contribution is 2.25. The van der Waals surface area contributed by atoms with Crippen LogP contribution in [0.4, 0.5) is 0 Å². The molecule has 0 aromatic carbocycles. The molecular formula is C16H27N3O. The Bertz CT molecular complexity index is 383. The van der Waals surface area contributed by atoms with Gasteiger partial charge < -0.3 is 10.0 Å².